The molecule has 1 fully saturated rings. The smallest absolute Gasteiger partial charge is 0.271 e. The van der Waals surface area contributed by atoms with Gasteiger partial charge in [0.25, 0.3) is 15.7 Å². The number of morpholine rings is 1. The van der Waals surface area contributed by atoms with Crippen LogP contribution in [0.1, 0.15) is 0 Å². The zero-order chi connectivity index (χ0) is 17.9. The van der Waals surface area contributed by atoms with Crippen LogP contribution in [0.2, 0.25) is 0 Å². The van der Waals surface area contributed by atoms with Crippen molar-refractivity contribution in [2.75, 3.05) is 35.9 Å². The summed E-state index contributed by atoms with van der Waals surface area (Å²) in [7, 11) is -3.79. The van der Waals surface area contributed by atoms with E-state index in [0.717, 1.165) is 0 Å². The molecule has 1 aliphatic heterocycles. The lowest BCUT2D eigenvalue weighted by molar-refractivity contribution is -0.384. The Balaban J connectivity index is 1.98. The highest BCUT2D eigenvalue weighted by molar-refractivity contribution is 7.92. The lowest BCUT2D eigenvalue weighted by atomic mass is 10.2. The summed E-state index contributed by atoms with van der Waals surface area (Å²) in [5.41, 5.74) is 0.678. The second kappa shape index (κ2) is 7.08. The second-order valence-corrected chi connectivity index (χ2v) is 7.16. The van der Waals surface area contributed by atoms with E-state index in [4.69, 9.17) is 4.74 Å². The summed E-state index contributed by atoms with van der Waals surface area (Å²) in [6, 6.07) is 12.1. The summed E-state index contributed by atoms with van der Waals surface area (Å²) in [4.78, 5) is 12.6. The number of nitrogens with zero attached hydrogens (tertiary/aromatic N) is 2. The van der Waals surface area contributed by atoms with Crippen LogP contribution in [-0.2, 0) is 14.8 Å². The number of rotatable bonds is 5. The molecule has 0 amide bonds. The Bertz CT molecular complexity index is 865. The molecule has 1 saturated heterocycles. The topological polar surface area (TPSA) is 102 Å². The van der Waals surface area contributed by atoms with Crippen LogP contribution in [0.15, 0.2) is 53.4 Å². The third kappa shape index (κ3) is 3.89. The van der Waals surface area contributed by atoms with E-state index in [-0.39, 0.29) is 10.6 Å². The summed E-state index contributed by atoms with van der Waals surface area (Å²) < 4.78 is 33.0. The van der Waals surface area contributed by atoms with Crippen molar-refractivity contribution >= 4 is 27.1 Å². The molecular weight excluding hydrogens is 346 g/mol. The Kier molecular flexibility index (Phi) is 4.86. The van der Waals surface area contributed by atoms with Gasteiger partial charge in [-0.2, -0.15) is 0 Å². The first kappa shape index (κ1) is 17.2. The molecule has 0 unspecified atom stereocenters. The molecule has 0 spiro atoms. The van der Waals surface area contributed by atoms with E-state index in [9.17, 15) is 18.5 Å². The van der Waals surface area contributed by atoms with Gasteiger partial charge in [-0.05, 0) is 18.2 Å². The molecule has 8 nitrogen and oxygen atoms in total. The molecule has 0 aromatic heterocycles. The Morgan fingerprint density at radius 2 is 1.76 bits per heavy atom. The van der Waals surface area contributed by atoms with E-state index < -0.39 is 14.9 Å². The maximum Gasteiger partial charge on any atom is 0.271 e. The normalized spacial score (nSPS) is 15.0. The van der Waals surface area contributed by atoms with Gasteiger partial charge in [-0.25, -0.2) is 8.42 Å². The number of nitrogens with one attached hydrogen (secondary N) is 1. The van der Waals surface area contributed by atoms with E-state index in [1.807, 2.05) is 4.90 Å². The molecule has 2 aromatic rings. The van der Waals surface area contributed by atoms with Crippen LogP contribution in [0, 0.1) is 10.1 Å². The van der Waals surface area contributed by atoms with Crippen LogP contribution in [0.5, 0.6) is 0 Å². The van der Waals surface area contributed by atoms with Gasteiger partial charge in [0.1, 0.15) is 0 Å². The van der Waals surface area contributed by atoms with Crippen molar-refractivity contribution in [3.05, 3.63) is 58.6 Å². The zero-order valence-corrected chi connectivity index (χ0v) is 14.1. The lowest BCUT2D eigenvalue weighted by Crippen LogP contribution is -2.36. The number of anilines is 2. The Labute approximate surface area is 145 Å². The summed E-state index contributed by atoms with van der Waals surface area (Å²) in [5, 5.41) is 11.1. The fourth-order valence-electron chi connectivity index (χ4n) is 2.59. The van der Waals surface area contributed by atoms with Crippen LogP contribution in [0.25, 0.3) is 0 Å². The predicted molar refractivity (Wildman–Crippen MR) is 93.4 cm³/mol. The first-order valence-corrected chi connectivity index (χ1v) is 9.15. The van der Waals surface area contributed by atoms with Crippen LogP contribution in [-0.4, -0.2) is 39.6 Å². The standard InChI is InChI=1S/C16H17N3O5S/c20-19(21)13-6-7-15(16(12-13)18-8-10-24-11-9-18)17-25(22,23)14-4-2-1-3-5-14/h1-7,12,17H,8-11H2. The van der Waals surface area contributed by atoms with E-state index in [1.165, 1.54) is 30.3 Å². The van der Waals surface area contributed by atoms with E-state index >= 15 is 0 Å². The molecule has 2 aromatic carbocycles. The maximum atomic E-state index is 12.6. The number of ether oxygens (including phenoxy) is 1. The highest BCUT2D eigenvalue weighted by Crippen LogP contribution is 2.32. The Morgan fingerprint density at radius 1 is 1.08 bits per heavy atom. The molecule has 1 heterocycles. The first-order chi connectivity index (χ1) is 12.0. The molecule has 0 saturated carbocycles. The van der Waals surface area contributed by atoms with Crippen LogP contribution in [0.3, 0.4) is 0 Å². The average Bonchev–Trinajstić information content (AvgIpc) is 2.63. The summed E-state index contributed by atoms with van der Waals surface area (Å²) in [6.07, 6.45) is 0. The number of non-ortho nitro benzene ring substituents is 1. The minimum Gasteiger partial charge on any atom is -0.378 e. The van der Waals surface area contributed by atoms with E-state index in [1.54, 1.807) is 18.2 Å². The highest BCUT2D eigenvalue weighted by atomic mass is 32.2. The van der Waals surface area contributed by atoms with Gasteiger partial charge in [0.05, 0.1) is 34.4 Å². The molecular formula is C16H17N3O5S. The summed E-state index contributed by atoms with van der Waals surface area (Å²) >= 11 is 0. The third-order valence-electron chi connectivity index (χ3n) is 3.84. The minimum absolute atomic E-state index is 0.0934. The van der Waals surface area contributed by atoms with Crippen molar-refractivity contribution in [2.24, 2.45) is 0 Å². The second-order valence-electron chi connectivity index (χ2n) is 5.48. The number of sulfonamides is 1. The van der Waals surface area contributed by atoms with Crippen LogP contribution >= 0.6 is 0 Å². The molecule has 25 heavy (non-hydrogen) atoms. The van der Waals surface area contributed by atoms with Gasteiger partial charge >= 0.3 is 0 Å². The van der Waals surface area contributed by atoms with E-state index in [2.05, 4.69) is 4.72 Å². The lowest BCUT2D eigenvalue weighted by Gasteiger charge is -2.30. The fourth-order valence-corrected chi connectivity index (χ4v) is 3.68. The zero-order valence-electron chi connectivity index (χ0n) is 13.3. The largest absolute Gasteiger partial charge is 0.378 e. The highest BCUT2D eigenvalue weighted by Gasteiger charge is 2.22. The van der Waals surface area contributed by atoms with Crippen molar-refractivity contribution in [1.82, 2.24) is 0 Å². The predicted octanol–water partition coefficient (Wildman–Crippen LogP) is 2.23. The van der Waals surface area contributed by atoms with Gasteiger partial charge in [-0.1, -0.05) is 18.2 Å². The molecule has 1 aliphatic rings. The van der Waals surface area contributed by atoms with Crippen molar-refractivity contribution in [2.45, 2.75) is 4.90 Å². The average molecular weight is 363 g/mol. The fraction of sp³-hybridized carbons (Fsp3) is 0.250. The molecule has 132 valence electrons. The van der Waals surface area contributed by atoms with Gasteiger partial charge in [0.2, 0.25) is 0 Å². The monoisotopic (exact) mass is 363 g/mol. The number of nitro groups is 1. The molecule has 0 atom stereocenters. The van der Waals surface area contributed by atoms with Gasteiger partial charge in [0, 0.05) is 25.2 Å². The molecule has 0 bridgehead atoms. The summed E-state index contributed by atoms with van der Waals surface area (Å²) in [5.74, 6) is 0. The number of nitro benzene ring substituents is 1. The first-order valence-electron chi connectivity index (χ1n) is 7.66. The van der Waals surface area contributed by atoms with Gasteiger partial charge in [0.15, 0.2) is 0 Å². The van der Waals surface area contributed by atoms with Crippen molar-refractivity contribution in [3.63, 3.8) is 0 Å². The third-order valence-corrected chi connectivity index (χ3v) is 5.22. The quantitative estimate of drug-likeness (QED) is 0.646. The molecule has 9 heteroatoms. The Morgan fingerprint density at radius 3 is 2.40 bits per heavy atom. The van der Waals surface area contributed by atoms with E-state index in [0.29, 0.717) is 37.7 Å². The van der Waals surface area contributed by atoms with Crippen molar-refractivity contribution in [1.29, 1.82) is 0 Å². The van der Waals surface area contributed by atoms with Gasteiger partial charge < -0.3 is 9.64 Å². The number of hydrogen-bond acceptors (Lipinski definition) is 6. The van der Waals surface area contributed by atoms with Gasteiger partial charge in [-0.15, -0.1) is 0 Å². The van der Waals surface area contributed by atoms with Crippen molar-refractivity contribution < 1.29 is 18.1 Å². The minimum atomic E-state index is -3.79. The summed E-state index contributed by atoms with van der Waals surface area (Å²) in [6.45, 7) is 2.02. The number of benzene rings is 2. The molecule has 0 radical (unpaired) electrons. The molecule has 0 aliphatic carbocycles. The Hall–Kier alpha value is -2.65. The molecule has 3 rings (SSSR count). The van der Waals surface area contributed by atoms with Crippen LogP contribution < -0.4 is 9.62 Å². The maximum absolute atomic E-state index is 12.6. The molecule has 1 N–H and O–H groups in total. The van der Waals surface area contributed by atoms with Gasteiger partial charge in [-0.3, -0.25) is 14.8 Å². The number of hydrogen-bond donors (Lipinski definition) is 1. The van der Waals surface area contributed by atoms with Crippen LogP contribution in [0.4, 0.5) is 17.1 Å². The van der Waals surface area contributed by atoms with Crippen molar-refractivity contribution in [3.8, 4) is 0 Å². The SMILES string of the molecule is O=[N+]([O-])c1ccc(NS(=O)(=O)c2ccccc2)c(N2CCOCC2)c1.